The molecule has 2 unspecified atom stereocenters. The zero-order valence-electron chi connectivity index (χ0n) is 18.6. The topological polar surface area (TPSA) is 49.3 Å². The second-order valence-electron chi connectivity index (χ2n) is 8.03. The Morgan fingerprint density at radius 1 is 1.17 bits per heavy atom. The zero-order chi connectivity index (χ0) is 20.3. The monoisotopic (exact) mass is 530 g/mol. The van der Waals surface area contributed by atoms with Gasteiger partial charge in [0.1, 0.15) is 0 Å². The molecule has 0 bridgehead atoms. The molecule has 0 radical (unpaired) electrons. The molecule has 0 spiro atoms. The van der Waals surface area contributed by atoms with Crippen LogP contribution in [0.3, 0.4) is 0 Å². The van der Waals surface area contributed by atoms with Crippen LogP contribution in [0.2, 0.25) is 0 Å². The smallest absolute Gasteiger partial charge is 0.193 e. The van der Waals surface area contributed by atoms with Crippen LogP contribution >= 0.6 is 24.0 Å². The van der Waals surface area contributed by atoms with E-state index in [0.717, 1.165) is 45.2 Å². The number of nitrogens with zero attached hydrogens (tertiary/aromatic N) is 3. The second-order valence-corrected chi connectivity index (χ2v) is 8.03. The Morgan fingerprint density at radius 3 is 2.63 bits per heavy atom. The number of methoxy groups -OCH3 is 1. The van der Waals surface area contributed by atoms with Crippen molar-refractivity contribution in [1.29, 1.82) is 0 Å². The minimum Gasteiger partial charge on any atom is -0.382 e. The second kappa shape index (κ2) is 14.2. The van der Waals surface area contributed by atoms with Crippen LogP contribution in [0.15, 0.2) is 35.3 Å². The number of benzene rings is 1. The molecule has 0 saturated carbocycles. The Morgan fingerprint density at radius 2 is 1.93 bits per heavy atom. The average Bonchev–Trinajstić information content (AvgIpc) is 3.44. The molecule has 0 aromatic heterocycles. The first-order valence-corrected chi connectivity index (χ1v) is 11.2. The molecular weight excluding hydrogens is 491 g/mol. The van der Waals surface area contributed by atoms with Crippen molar-refractivity contribution < 1.29 is 9.47 Å². The zero-order valence-corrected chi connectivity index (χ0v) is 20.9. The number of guanidine groups is 1. The summed E-state index contributed by atoms with van der Waals surface area (Å²) in [4.78, 5) is 10.1. The van der Waals surface area contributed by atoms with Gasteiger partial charge in [-0.15, -0.1) is 24.0 Å². The first-order chi connectivity index (χ1) is 14.3. The van der Waals surface area contributed by atoms with E-state index in [2.05, 4.69) is 52.4 Å². The number of aliphatic imine (C=N–C) groups is 1. The van der Waals surface area contributed by atoms with E-state index >= 15 is 0 Å². The Bertz CT molecular complexity index is 610. The lowest BCUT2D eigenvalue weighted by molar-refractivity contribution is 0.0536. The highest BCUT2D eigenvalue weighted by molar-refractivity contribution is 14.0. The molecule has 2 atom stereocenters. The van der Waals surface area contributed by atoms with E-state index in [-0.39, 0.29) is 24.0 Å². The third kappa shape index (κ3) is 7.66. The minimum atomic E-state index is 0. The average molecular weight is 530 g/mol. The van der Waals surface area contributed by atoms with Crippen LogP contribution in [0.25, 0.3) is 0 Å². The van der Waals surface area contributed by atoms with E-state index in [4.69, 9.17) is 14.5 Å². The van der Waals surface area contributed by atoms with Crippen LogP contribution in [-0.4, -0.2) is 82.0 Å². The Kier molecular flexibility index (Phi) is 12.0. The number of likely N-dealkylation sites (tertiary alicyclic amines) is 2. The molecule has 2 heterocycles. The standard InChI is InChI=1S/C23H38N4O2.HI/c1-3-24-23(27-14-11-20(18-27)19-29-16-15-28-2)25-17-22(26-12-7-8-13-26)21-9-5-4-6-10-21;/h4-6,9-10,20,22H,3,7-8,11-19H2,1-2H3,(H,24,25);1H. The van der Waals surface area contributed by atoms with Crippen molar-refractivity contribution in [3.63, 3.8) is 0 Å². The SMILES string of the molecule is CCNC(=NCC(c1ccccc1)N1CCCC1)N1CCC(COCCOC)C1.I. The third-order valence-corrected chi connectivity index (χ3v) is 5.89. The maximum absolute atomic E-state index is 5.75. The van der Waals surface area contributed by atoms with Gasteiger partial charge in [-0.3, -0.25) is 9.89 Å². The summed E-state index contributed by atoms with van der Waals surface area (Å²) in [6.45, 7) is 10.4. The summed E-state index contributed by atoms with van der Waals surface area (Å²) in [5.74, 6) is 1.62. The van der Waals surface area contributed by atoms with Gasteiger partial charge in [0.05, 0.1) is 32.4 Å². The number of rotatable bonds is 10. The first kappa shape index (κ1) is 25.4. The summed E-state index contributed by atoms with van der Waals surface area (Å²) < 4.78 is 10.8. The number of ether oxygens (including phenoxy) is 2. The fraction of sp³-hybridized carbons (Fsp3) is 0.696. The molecule has 1 aromatic carbocycles. The molecule has 2 aliphatic heterocycles. The summed E-state index contributed by atoms with van der Waals surface area (Å²) in [7, 11) is 1.71. The molecule has 6 nitrogen and oxygen atoms in total. The van der Waals surface area contributed by atoms with Gasteiger partial charge >= 0.3 is 0 Å². The number of hydrogen-bond donors (Lipinski definition) is 1. The van der Waals surface area contributed by atoms with Crippen molar-refractivity contribution in [3.8, 4) is 0 Å². The summed E-state index contributed by atoms with van der Waals surface area (Å²) >= 11 is 0. The summed E-state index contributed by atoms with van der Waals surface area (Å²) in [5.41, 5.74) is 1.37. The van der Waals surface area contributed by atoms with Crippen LogP contribution in [0.5, 0.6) is 0 Å². The van der Waals surface area contributed by atoms with E-state index in [1.54, 1.807) is 7.11 Å². The third-order valence-electron chi connectivity index (χ3n) is 5.89. The lowest BCUT2D eigenvalue weighted by atomic mass is 10.1. The Balaban J connectivity index is 0.00000320. The molecule has 2 saturated heterocycles. The van der Waals surface area contributed by atoms with Gasteiger partial charge in [0, 0.05) is 32.7 Å². The van der Waals surface area contributed by atoms with Gasteiger partial charge in [-0.2, -0.15) is 0 Å². The van der Waals surface area contributed by atoms with E-state index in [9.17, 15) is 0 Å². The van der Waals surface area contributed by atoms with Crippen LogP contribution in [0.4, 0.5) is 0 Å². The summed E-state index contributed by atoms with van der Waals surface area (Å²) in [5, 5.41) is 3.52. The molecule has 0 amide bonds. The van der Waals surface area contributed by atoms with Crippen molar-refractivity contribution in [3.05, 3.63) is 35.9 Å². The van der Waals surface area contributed by atoms with Gasteiger partial charge in [0.25, 0.3) is 0 Å². The van der Waals surface area contributed by atoms with Crippen molar-refractivity contribution in [2.75, 3.05) is 66.2 Å². The van der Waals surface area contributed by atoms with Gasteiger partial charge in [0.2, 0.25) is 0 Å². The normalized spacial score (nSPS) is 20.9. The van der Waals surface area contributed by atoms with Gasteiger partial charge in [0.15, 0.2) is 5.96 Å². The first-order valence-electron chi connectivity index (χ1n) is 11.2. The predicted octanol–water partition coefficient (Wildman–Crippen LogP) is 3.39. The quantitative estimate of drug-likeness (QED) is 0.218. The highest BCUT2D eigenvalue weighted by Gasteiger charge is 2.27. The van der Waals surface area contributed by atoms with Crippen LogP contribution in [0.1, 0.15) is 37.8 Å². The number of nitrogens with one attached hydrogen (secondary N) is 1. The lowest BCUT2D eigenvalue weighted by Gasteiger charge is -2.28. The molecule has 1 N–H and O–H groups in total. The van der Waals surface area contributed by atoms with Crippen LogP contribution in [-0.2, 0) is 9.47 Å². The van der Waals surface area contributed by atoms with Gasteiger partial charge < -0.3 is 19.7 Å². The maximum Gasteiger partial charge on any atom is 0.193 e. The Hall–Kier alpha value is -0.900. The molecule has 3 rings (SSSR count). The molecule has 170 valence electrons. The number of halogens is 1. The highest BCUT2D eigenvalue weighted by atomic mass is 127. The molecule has 2 fully saturated rings. The van der Waals surface area contributed by atoms with Crippen molar-refractivity contribution in [1.82, 2.24) is 15.1 Å². The van der Waals surface area contributed by atoms with Crippen molar-refractivity contribution >= 4 is 29.9 Å². The Labute approximate surface area is 199 Å². The van der Waals surface area contributed by atoms with E-state index in [1.165, 1.54) is 31.5 Å². The van der Waals surface area contributed by atoms with Gasteiger partial charge in [-0.1, -0.05) is 30.3 Å². The van der Waals surface area contributed by atoms with E-state index in [1.807, 2.05) is 0 Å². The summed E-state index contributed by atoms with van der Waals surface area (Å²) in [6, 6.07) is 11.2. The lowest BCUT2D eigenvalue weighted by Crippen LogP contribution is -2.41. The minimum absolute atomic E-state index is 0. The summed E-state index contributed by atoms with van der Waals surface area (Å²) in [6.07, 6.45) is 3.75. The van der Waals surface area contributed by atoms with E-state index in [0.29, 0.717) is 25.2 Å². The largest absolute Gasteiger partial charge is 0.382 e. The molecule has 7 heteroatoms. The predicted molar refractivity (Wildman–Crippen MR) is 134 cm³/mol. The number of hydrogen-bond acceptors (Lipinski definition) is 4. The fourth-order valence-corrected chi connectivity index (χ4v) is 4.31. The van der Waals surface area contributed by atoms with Crippen LogP contribution < -0.4 is 5.32 Å². The molecule has 1 aromatic rings. The van der Waals surface area contributed by atoms with Crippen molar-refractivity contribution in [2.24, 2.45) is 10.9 Å². The van der Waals surface area contributed by atoms with Gasteiger partial charge in [-0.25, -0.2) is 0 Å². The highest BCUT2D eigenvalue weighted by Crippen LogP contribution is 2.25. The maximum atomic E-state index is 5.75. The van der Waals surface area contributed by atoms with Crippen LogP contribution in [0, 0.1) is 5.92 Å². The molecule has 2 aliphatic rings. The molecule has 30 heavy (non-hydrogen) atoms. The van der Waals surface area contributed by atoms with Crippen molar-refractivity contribution in [2.45, 2.75) is 32.2 Å². The van der Waals surface area contributed by atoms with Gasteiger partial charge in [-0.05, 0) is 44.8 Å². The molecular formula is C23H39IN4O2. The molecule has 0 aliphatic carbocycles. The fourth-order valence-electron chi connectivity index (χ4n) is 4.31. The van der Waals surface area contributed by atoms with E-state index < -0.39 is 0 Å².